The number of esters is 1. The maximum absolute atomic E-state index is 12.2. The summed E-state index contributed by atoms with van der Waals surface area (Å²) in [5, 5.41) is 9.48. The van der Waals surface area contributed by atoms with Gasteiger partial charge >= 0.3 is 11.9 Å². The predicted octanol–water partition coefficient (Wildman–Crippen LogP) is 13.6. The Bertz CT molecular complexity index is 779. The van der Waals surface area contributed by atoms with Gasteiger partial charge in [-0.05, 0) is 57.8 Å². The summed E-state index contributed by atoms with van der Waals surface area (Å²) in [5.74, 6) is -1.42. The monoisotopic (exact) mass is 643 g/mol. The van der Waals surface area contributed by atoms with Crippen LogP contribution in [0.5, 0.6) is 0 Å². The first kappa shape index (κ1) is 43.9. The van der Waals surface area contributed by atoms with Crippen LogP contribution < -0.4 is 0 Å². The van der Waals surface area contributed by atoms with Crippen molar-refractivity contribution < 1.29 is 19.4 Å². The maximum atomic E-state index is 12.2. The molecule has 0 aromatic rings. The highest BCUT2D eigenvalue weighted by Crippen LogP contribution is 2.16. The highest BCUT2D eigenvalue weighted by molar-refractivity contribution is 5.77. The van der Waals surface area contributed by atoms with E-state index in [0.29, 0.717) is 12.8 Å². The van der Waals surface area contributed by atoms with Gasteiger partial charge in [0.25, 0.3) is 0 Å². The molecule has 0 rings (SSSR count). The van der Waals surface area contributed by atoms with Crippen LogP contribution in [0.2, 0.25) is 0 Å². The molecule has 0 bridgehead atoms. The van der Waals surface area contributed by atoms with Crippen molar-refractivity contribution in [3.05, 3.63) is 48.6 Å². The van der Waals surface area contributed by atoms with Crippen LogP contribution in [-0.4, -0.2) is 23.1 Å². The summed E-state index contributed by atoms with van der Waals surface area (Å²) in [6, 6.07) is 0. The fourth-order valence-electron chi connectivity index (χ4n) is 5.61. The van der Waals surface area contributed by atoms with Gasteiger partial charge in [-0.25, -0.2) is 4.79 Å². The van der Waals surface area contributed by atoms with Gasteiger partial charge in [-0.3, -0.25) is 4.79 Å². The summed E-state index contributed by atoms with van der Waals surface area (Å²) in [5.41, 5.74) is 0. The molecule has 0 heterocycles. The first-order chi connectivity index (χ1) is 22.6. The molecule has 46 heavy (non-hydrogen) atoms. The molecule has 0 radical (unpaired) electrons. The van der Waals surface area contributed by atoms with Crippen LogP contribution in [0.3, 0.4) is 0 Å². The first-order valence-corrected chi connectivity index (χ1v) is 19.6. The zero-order valence-corrected chi connectivity index (χ0v) is 30.4. The Kier molecular flexibility index (Phi) is 35.7. The van der Waals surface area contributed by atoms with E-state index >= 15 is 0 Å². The van der Waals surface area contributed by atoms with Crippen LogP contribution in [0, 0.1) is 0 Å². The normalized spacial score (nSPS) is 12.7. The summed E-state index contributed by atoms with van der Waals surface area (Å²) >= 11 is 0. The molecule has 0 aromatic carbocycles. The topological polar surface area (TPSA) is 63.6 Å². The highest BCUT2D eigenvalue weighted by atomic mass is 16.6. The molecule has 0 aliphatic carbocycles. The summed E-state index contributed by atoms with van der Waals surface area (Å²) in [7, 11) is 0. The van der Waals surface area contributed by atoms with Gasteiger partial charge in [-0.15, -0.1) is 0 Å². The van der Waals surface area contributed by atoms with Crippen molar-refractivity contribution in [3.8, 4) is 0 Å². The SMILES string of the molecule is CCCCC/C=C\C/C=C\C/C=C\C/C=C\CCCC(=O)OC(CCCCCCCCCCCCCCCCCCCC)C(=O)O. The standard InChI is InChI=1S/C42H74O4/c1-3-5-7-9-11-13-15-17-19-21-23-24-26-28-30-32-34-36-38-40(42(44)45)46-41(43)39-37-35-33-31-29-27-25-22-20-18-16-14-12-10-8-6-4-2/h12,14,18,20,25,27,31,33,40H,3-11,13,15-17,19,21-24,26,28-30,32,34-39H2,1-2H3,(H,44,45)/b14-12-,20-18-,27-25-,33-31-. The van der Waals surface area contributed by atoms with E-state index in [9.17, 15) is 14.7 Å². The van der Waals surface area contributed by atoms with Gasteiger partial charge in [0.05, 0.1) is 0 Å². The number of carbonyl (C=O) groups is 2. The smallest absolute Gasteiger partial charge is 0.345 e. The maximum Gasteiger partial charge on any atom is 0.345 e. The minimum Gasteiger partial charge on any atom is -0.479 e. The van der Waals surface area contributed by atoms with E-state index < -0.39 is 18.0 Å². The van der Waals surface area contributed by atoms with Gasteiger partial charge in [-0.2, -0.15) is 0 Å². The quantitative estimate of drug-likeness (QED) is 0.0424. The van der Waals surface area contributed by atoms with Gasteiger partial charge in [0.2, 0.25) is 0 Å². The van der Waals surface area contributed by atoms with Gasteiger partial charge in [0.15, 0.2) is 6.10 Å². The summed E-state index contributed by atoms with van der Waals surface area (Å²) < 4.78 is 5.29. The molecule has 1 atom stereocenters. The molecule has 0 saturated heterocycles. The Labute approximate surface area is 285 Å². The third-order valence-corrected chi connectivity index (χ3v) is 8.58. The van der Waals surface area contributed by atoms with Crippen molar-refractivity contribution in [3.63, 3.8) is 0 Å². The van der Waals surface area contributed by atoms with Crippen molar-refractivity contribution in [1.29, 1.82) is 0 Å². The first-order valence-electron chi connectivity index (χ1n) is 19.6. The number of unbranched alkanes of at least 4 members (excludes halogenated alkanes) is 21. The Morgan fingerprint density at radius 2 is 0.826 bits per heavy atom. The molecule has 0 amide bonds. The van der Waals surface area contributed by atoms with Gasteiger partial charge < -0.3 is 9.84 Å². The van der Waals surface area contributed by atoms with E-state index in [1.807, 2.05) is 0 Å². The summed E-state index contributed by atoms with van der Waals surface area (Å²) in [6.07, 6.45) is 50.0. The third-order valence-electron chi connectivity index (χ3n) is 8.58. The van der Waals surface area contributed by atoms with Crippen molar-refractivity contribution in [1.82, 2.24) is 0 Å². The minimum absolute atomic E-state index is 0.265. The van der Waals surface area contributed by atoms with Crippen molar-refractivity contribution in [2.24, 2.45) is 0 Å². The Morgan fingerprint density at radius 3 is 1.24 bits per heavy atom. The number of hydrogen-bond acceptors (Lipinski definition) is 3. The Hall–Kier alpha value is -2.10. The molecule has 0 aromatic heterocycles. The molecule has 0 fully saturated rings. The molecule has 0 aliphatic heterocycles. The van der Waals surface area contributed by atoms with Crippen LogP contribution in [0.15, 0.2) is 48.6 Å². The Morgan fingerprint density at radius 1 is 0.478 bits per heavy atom. The van der Waals surface area contributed by atoms with Crippen LogP contribution in [-0.2, 0) is 14.3 Å². The van der Waals surface area contributed by atoms with Crippen LogP contribution in [0.4, 0.5) is 0 Å². The van der Waals surface area contributed by atoms with Crippen molar-refractivity contribution >= 4 is 11.9 Å². The van der Waals surface area contributed by atoms with E-state index in [1.54, 1.807) is 0 Å². The molecule has 4 heteroatoms. The average molecular weight is 643 g/mol. The lowest BCUT2D eigenvalue weighted by Crippen LogP contribution is -2.26. The van der Waals surface area contributed by atoms with E-state index in [2.05, 4.69) is 62.5 Å². The second-order valence-corrected chi connectivity index (χ2v) is 13.1. The largest absolute Gasteiger partial charge is 0.479 e. The fourth-order valence-corrected chi connectivity index (χ4v) is 5.61. The number of carboxylic acid groups (broad SMARTS) is 1. The molecule has 4 nitrogen and oxygen atoms in total. The van der Waals surface area contributed by atoms with Crippen LogP contribution in [0.1, 0.15) is 200 Å². The third kappa shape index (κ3) is 34.8. The summed E-state index contributed by atoms with van der Waals surface area (Å²) in [4.78, 5) is 23.8. The molecular weight excluding hydrogens is 568 g/mol. The highest BCUT2D eigenvalue weighted by Gasteiger charge is 2.21. The average Bonchev–Trinajstić information content (AvgIpc) is 3.05. The zero-order valence-electron chi connectivity index (χ0n) is 30.4. The number of ether oxygens (including phenoxy) is 1. The van der Waals surface area contributed by atoms with Crippen LogP contribution >= 0.6 is 0 Å². The molecule has 0 spiro atoms. The molecule has 1 N–H and O–H groups in total. The number of hydrogen-bond donors (Lipinski definition) is 1. The van der Waals surface area contributed by atoms with E-state index in [0.717, 1.165) is 44.9 Å². The fraction of sp³-hybridized carbons (Fsp3) is 0.762. The van der Waals surface area contributed by atoms with Crippen molar-refractivity contribution in [2.45, 2.75) is 206 Å². The number of carbonyl (C=O) groups excluding carboxylic acids is 1. The molecular formula is C42H74O4. The molecule has 1 unspecified atom stereocenters. The van der Waals surface area contributed by atoms with Gasteiger partial charge in [0, 0.05) is 6.42 Å². The molecule has 0 aliphatic rings. The Balaban J connectivity index is 3.65. The lowest BCUT2D eigenvalue weighted by atomic mass is 10.0. The van der Waals surface area contributed by atoms with Crippen LogP contribution in [0.25, 0.3) is 0 Å². The lowest BCUT2D eigenvalue weighted by Gasteiger charge is -2.13. The number of allylic oxidation sites excluding steroid dienone is 8. The second kappa shape index (κ2) is 37.4. The molecule has 266 valence electrons. The van der Waals surface area contributed by atoms with Crippen molar-refractivity contribution in [2.75, 3.05) is 0 Å². The van der Waals surface area contributed by atoms with E-state index in [1.165, 1.54) is 122 Å². The lowest BCUT2D eigenvalue weighted by molar-refractivity contribution is -0.164. The minimum atomic E-state index is -1.03. The van der Waals surface area contributed by atoms with Gasteiger partial charge in [-0.1, -0.05) is 184 Å². The zero-order chi connectivity index (χ0) is 33.6. The second-order valence-electron chi connectivity index (χ2n) is 13.1. The van der Waals surface area contributed by atoms with E-state index in [-0.39, 0.29) is 6.42 Å². The van der Waals surface area contributed by atoms with Gasteiger partial charge in [0.1, 0.15) is 0 Å². The number of aliphatic carboxylic acids is 1. The summed E-state index contributed by atoms with van der Waals surface area (Å²) in [6.45, 7) is 4.51. The predicted molar refractivity (Wildman–Crippen MR) is 199 cm³/mol. The molecule has 0 saturated carbocycles. The number of carboxylic acids is 1. The van der Waals surface area contributed by atoms with E-state index in [4.69, 9.17) is 4.74 Å². The number of rotatable bonds is 35.